The van der Waals surface area contributed by atoms with E-state index < -0.39 is 17.9 Å². The lowest BCUT2D eigenvalue weighted by atomic mass is 9.95. The standard InChI is InChI=1S/C26H24O6/c27-23-13-7-12-21(14-23)24(28)15-22(26(30)32-18-20-10-5-2-6-11-20)16-25(29)31-17-19-8-3-1-4-9-19/h1-14,22,27H,15-18H2/t22-/m0/s1. The summed E-state index contributed by atoms with van der Waals surface area (Å²) in [5.41, 5.74) is 1.87. The van der Waals surface area contributed by atoms with Gasteiger partial charge in [-0.3, -0.25) is 14.4 Å². The molecule has 6 nitrogen and oxygen atoms in total. The Labute approximate surface area is 186 Å². The lowest BCUT2D eigenvalue weighted by Crippen LogP contribution is -2.25. The van der Waals surface area contributed by atoms with E-state index in [-0.39, 0.29) is 43.2 Å². The molecule has 0 aromatic heterocycles. The summed E-state index contributed by atoms with van der Waals surface area (Å²) >= 11 is 0. The number of benzene rings is 3. The molecule has 0 unspecified atom stereocenters. The Morgan fingerprint density at radius 1 is 0.719 bits per heavy atom. The number of phenols is 1. The van der Waals surface area contributed by atoms with Gasteiger partial charge in [0.25, 0.3) is 0 Å². The summed E-state index contributed by atoms with van der Waals surface area (Å²) in [6.07, 6.45) is -0.525. The smallest absolute Gasteiger partial charge is 0.310 e. The number of ether oxygens (including phenoxy) is 2. The summed E-state index contributed by atoms with van der Waals surface area (Å²) in [7, 11) is 0. The van der Waals surface area contributed by atoms with Crippen molar-refractivity contribution in [2.24, 2.45) is 5.92 Å². The molecule has 1 N–H and O–H groups in total. The average Bonchev–Trinajstić information content (AvgIpc) is 2.82. The lowest BCUT2D eigenvalue weighted by molar-refractivity contribution is -0.156. The second-order valence-electron chi connectivity index (χ2n) is 7.32. The van der Waals surface area contributed by atoms with Crippen molar-refractivity contribution in [1.82, 2.24) is 0 Å². The molecular weight excluding hydrogens is 408 g/mol. The highest BCUT2D eigenvalue weighted by Gasteiger charge is 2.28. The largest absolute Gasteiger partial charge is 0.508 e. The fourth-order valence-corrected chi connectivity index (χ4v) is 3.10. The summed E-state index contributed by atoms with van der Waals surface area (Å²) in [4.78, 5) is 37.8. The maximum Gasteiger partial charge on any atom is 0.310 e. The van der Waals surface area contributed by atoms with Crippen LogP contribution in [0, 0.1) is 5.92 Å². The maximum absolute atomic E-state index is 12.7. The molecule has 0 saturated carbocycles. The van der Waals surface area contributed by atoms with Crippen molar-refractivity contribution < 1.29 is 29.0 Å². The van der Waals surface area contributed by atoms with Crippen LogP contribution in [0.15, 0.2) is 84.9 Å². The first kappa shape index (κ1) is 22.7. The van der Waals surface area contributed by atoms with Gasteiger partial charge in [0.05, 0.1) is 12.3 Å². The Bertz CT molecular complexity index is 1050. The second kappa shape index (κ2) is 11.5. The molecule has 3 aromatic carbocycles. The van der Waals surface area contributed by atoms with Crippen molar-refractivity contribution in [1.29, 1.82) is 0 Å². The Balaban J connectivity index is 1.65. The molecule has 0 heterocycles. The highest BCUT2D eigenvalue weighted by Crippen LogP contribution is 2.20. The fraction of sp³-hybridized carbons (Fsp3) is 0.192. The van der Waals surface area contributed by atoms with Crippen LogP contribution in [-0.4, -0.2) is 22.8 Å². The number of rotatable bonds is 10. The van der Waals surface area contributed by atoms with Gasteiger partial charge in [-0.05, 0) is 23.3 Å². The predicted octanol–water partition coefficient (Wildman–Crippen LogP) is 4.46. The number of carbonyl (C=O) groups excluding carboxylic acids is 3. The van der Waals surface area contributed by atoms with Gasteiger partial charge in [0, 0.05) is 12.0 Å². The summed E-state index contributed by atoms with van der Waals surface area (Å²) < 4.78 is 10.6. The molecule has 3 rings (SSSR count). The van der Waals surface area contributed by atoms with E-state index in [4.69, 9.17) is 9.47 Å². The lowest BCUT2D eigenvalue weighted by Gasteiger charge is -2.15. The molecule has 0 spiro atoms. The minimum atomic E-state index is -1.00. The predicted molar refractivity (Wildman–Crippen MR) is 118 cm³/mol. The van der Waals surface area contributed by atoms with Gasteiger partial charge in [-0.15, -0.1) is 0 Å². The minimum Gasteiger partial charge on any atom is -0.508 e. The summed E-state index contributed by atoms with van der Waals surface area (Å²) in [5, 5.41) is 9.62. The number of Topliss-reactive ketones (excluding diaryl/α,β-unsaturated/α-hetero) is 1. The van der Waals surface area contributed by atoms with E-state index in [1.807, 2.05) is 60.7 Å². The topological polar surface area (TPSA) is 89.9 Å². The van der Waals surface area contributed by atoms with Gasteiger partial charge in [-0.25, -0.2) is 0 Å². The number of hydrogen-bond acceptors (Lipinski definition) is 6. The Morgan fingerprint density at radius 2 is 1.31 bits per heavy atom. The molecule has 32 heavy (non-hydrogen) atoms. The molecule has 6 heteroatoms. The first-order chi connectivity index (χ1) is 15.5. The zero-order valence-corrected chi connectivity index (χ0v) is 17.5. The fourth-order valence-electron chi connectivity index (χ4n) is 3.10. The van der Waals surface area contributed by atoms with Gasteiger partial charge in [-0.2, -0.15) is 0 Å². The zero-order valence-electron chi connectivity index (χ0n) is 17.5. The molecule has 3 aromatic rings. The van der Waals surface area contributed by atoms with E-state index in [2.05, 4.69) is 0 Å². The molecule has 0 fully saturated rings. The number of carbonyl (C=O) groups is 3. The highest BCUT2D eigenvalue weighted by atomic mass is 16.5. The third-order valence-corrected chi connectivity index (χ3v) is 4.81. The SMILES string of the molecule is O=C(C[C@H](CC(=O)c1cccc(O)c1)C(=O)OCc1ccccc1)OCc1ccccc1. The van der Waals surface area contributed by atoms with E-state index in [0.717, 1.165) is 11.1 Å². The number of ketones is 1. The van der Waals surface area contributed by atoms with Crippen LogP contribution in [-0.2, 0) is 32.3 Å². The molecule has 0 saturated heterocycles. The molecule has 0 amide bonds. The first-order valence-corrected chi connectivity index (χ1v) is 10.2. The van der Waals surface area contributed by atoms with Crippen LogP contribution in [0.2, 0.25) is 0 Å². The van der Waals surface area contributed by atoms with Crippen LogP contribution in [0.25, 0.3) is 0 Å². The minimum absolute atomic E-state index is 0.0373. The van der Waals surface area contributed by atoms with Gasteiger partial charge < -0.3 is 14.6 Å². The third kappa shape index (κ3) is 7.09. The van der Waals surface area contributed by atoms with Crippen LogP contribution < -0.4 is 0 Å². The van der Waals surface area contributed by atoms with Crippen LogP contribution in [0.3, 0.4) is 0 Å². The molecule has 0 radical (unpaired) electrons. The Morgan fingerprint density at radius 3 is 1.91 bits per heavy atom. The highest BCUT2D eigenvalue weighted by molar-refractivity contribution is 5.99. The van der Waals surface area contributed by atoms with Gasteiger partial charge >= 0.3 is 11.9 Å². The van der Waals surface area contributed by atoms with Crippen LogP contribution in [0.4, 0.5) is 0 Å². The van der Waals surface area contributed by atoms with Crippen molar-refractivity contribution in [3.8, 4) is 5.75 Å². The van der Waals surface area contributed by atoms with Gasteiger partial charge in [0.15, 0.2) is 5.78 Å². The van der Waals surface area contributed by atoms with Gasteiger partial charge in [0.1, 0.15) is 19.0 Å². The monoisotopic (exact) mass is 432 g/mol. The number of phenolic OH excluding ortho intramolecular Hbond substituents is 1. The van der Waals surface area contributed by atoms with Crippen molar-refractivity contribution >= 4 is 17.7 Å². The number of aromatic hydroxyl groups is 1. The molecule has 0 bridgehead atoms. The summed E-state index contributed by atoms with van der Waals surface area (Å²) in [6, 6.07) is 24.2. The molecule has 0 aliphatic rings. The number of esters is 2. The van der Waals surface area contributed by atoms with Crippen LogP contribution in [0.1, 0.15) is 34.3 Å². The van der Waals surface area contributed by atoms with Crippen molar-refractivity contribution in [2.75, 3.05) is 0 Å². The molecular formula is C26H24O6. The van der Waals surface area contributed by atoms with E-state index in [0.29, 0.717) is 0 Å². The van der Waals surface area contributed by atoms with E-state index in [9.17, 15) is 19.5 Å². The molecule has 0 aliphatic carbocycles. The van der Waals surface area contributed by atoms with E-state index in [1.54, 1.807) is 12.1 Å². The first-order valence-electron chi connectivity index (χ1n) is 10.2. The summed E-state index contributed by atoms with van der Waals surface area (Å²) in [6.45, 7) is 0.113. The zero-order chi connectivity index (χ0) is 22.8. The Hall–Kier alpha value is -3.93. The van der Waals surface area contributed by atoms with Gasteiger partial charge in [0.2, 0.25) is 0 Å². The maximum atomic E-state index is 12.7. The third-order valence-electron chi connectivity index (χ3n) is 4.81. The van der Waals surface area contributed by atoms with Crippen LogP contribution in [0.5, 0.6) is 5.75 Å². The average molecular weight is 432 g/mol. The quantitative estimate of drug-likeness (QED) is 0.376. The summed E-state index contributed by atoms with van der Waals surface area (Å²) in [5.74, 6) is -2.69. The normalized spacial score (nSPS) is 11.4. The number of hydrogen-bond donors (Lipinski definition) is 1. The van der Waals surface area contributed by atoms with Gasteiger partial charge in [-0.1, -0.05) is 72.8 Å². The van der Waals surface area contributed by atoms with Crippen molar-refractivity contribution in [3.63, 3.8) is 0 Å². The van der Waals surface area contributed by atoms with Crippen molar-refractivity contribution in [2.45, 2.75) is 26.1 Å². The Kier molecular flexibility index (Phi) is 8.15. The molecule has 164 valence electrons. The molecule has 1 atom stereocenters. The van der Waals surface area contributed by atoms with E-state index >= 15 is 0 Å². The molecule has 0 aliphatic heterocycles. The van der Waals surface area contributed by atoms with E-state index in [1.165, 1.54) is 12.1 Å². The van der Waals surface area contributed by atoms with Crippen molar-refractivity contribution in [3.05, 3.63) is 102 Å². The van der Waals surface area contributed by atoms with Crippen LogP contribution >= 0.6 is 0 Å². The second-order valence-corrected chi connectivity index (χ2v) is 7.32.